The number of rotatable bonds is 4. The van der Waals surface area contributed by atoms with Crippen molar-refractivity contribution in [3.05, 3.63) is 69.7 Å². The molecule has 0 atom stereocenters. The van der Waals surface area contributed by atoms with Gasteiger partial charge in [0.2, 0.25) is 5.91 Å². The predicted molar refractivity (Wildman–Crippen MR) is 142 cm³/mol. The fourth-order valence-electron chi connectivity index (χ4n) is 4.34. The molecule has 0 saturated carbocycles. The van der Waals surface area contributed by atoms with Crippen LogP contribution in [0, 0.1) is 0 Å². The third kappa shape index (κ3) is 4.52. The zero-order chi connectivity index (χ0) is 22.9. The Morgan fingerprint density at radius 1 is 1.09 bits per heavy atom. The van der Waals surface area contributed by atoms with E-state index in [0.717, 1.165) is 52.6 Å². The number of amides is 2. The van der Waals surface area contributed by atoms with Gasteiger partial charge in [0.05, 0.1) is 10.6 Å². The third-order valence-corrected chi connectivity index (χ3v) is 7.78. The maximum Gasteiger partial charge on any atom is 0.270 e. The highest BCUT2D eigenvalue weighted by Crippen LogP contribution is 2.37. The minimum atomic E-state index is -0.128. The number of thiocarbonyl (C=S) groups is 1. The van der Waals surface area contributed by atoms with Crippen molar-refractivity contribution in [2.45, 2.75) is 25.8 Å². The van der Waals surface area contributed by atoms with E-state index in [1.54, 1.807) is 4.90 Å². The van der Waals surface area contributed by atoms with Crippen LogP contribution in [-0.2, 0) is 16.1 Å². The highest BCUT2D eigenvalue weighted by Gasteiger charge is 2.33. The van der Waals surface area contributed by atoms with Crippen molar-refractivity contribution in [1.29, 1.82) is 0 Å². The molecule has 2 aliphatic heterocycles. The largest absolute Gasteiger partial charge is 0.341 e. The Balaban J connectivity index is 1.49. The van der Waals surface area contributed by atoms with E-state index >= 15 is 0 Å². The van der Waals surface area contributed by atoms with Crippen LogP contribution in [0.3, 0.4) is 0 Å². The highest BCUT2D eigenvalue weighted by atomic mass is 79.9. The van der Waals surface area contributed by atoms with E-state index in [0.29, 0.717) is 9.23 Å². The Labute approximate surface area is 210 Å². The molecule has 0 spiro atoms. The highest BCUT2D eigenvalue weighted by molar-refractivity contribution is 9.10. The van der Waals surface area contributed by atoms with E-state index in [-0.39, 0.29) is 18.4 Å². The van der Waals surface area contributed by atoms with Crippen LogP contribution in [0.15, 0.2) is 64.1 Å². The first kappa shape index (κ1) is 22.4. The van der Waals surface area contributed by atoms with Gasteiger partial charge in [-0.3, -0.25) is 14.5 Å². The molecule has 0 bridgehead atoms. The first-order valence-corrected chi connectivity index (χ1v) is 12.9. The summed E-state index contributed by atoms with van der Waals surface area (Å²) in [5.41, 5.74) is 2.63. The van der Waals surface area contributed by atoms with E-state index in [1.807, 2.05) is 70.3 Å². The van der Waals surface area contributed by atoms with Crippen molar-refractivity contribution in [1.82, 2.24) is 9.47 Å². The SMILES string of the molecule is O=C(Cn1cc(/C=C2\SC(=S)N(c3ccccc3)C2=O)c2cc(Br)ccc21)N1CCCCC1. The lowest BCUT2D eigenvalue weighted by Gasteiger charge is -2.27. The number of aromatic nitrogens is 1. The molecule has 33 heavy (non-hydrogen) atoms. The van der Waals surface area contributed by atoms with Gasteiger partial charge in [-0.15, -0.1) is 0 Å². The number of carbonyl (C=O) groups is 2. The molecule has 2 fully saturated rings. The van der Waals surface area contributed by atoms with Gasteiger partial charge in [0, 0.05) is 40.2 Å². The summed E-state index contributed by atoms with van der Waals surface area (Å²) < 4.78 is 3.45. The summed E-state index contributed by atoms with van der Waals surface area (Å²) in [6.07, 6.45) is 7.18. The number of hydrogen-bond acceptors (Lipinski definition) is 4. The quantitative estimate of drug-likeness (QED) is 0.309. The molecule has 2 aromatic carbocycles. The molecule has 8 heteroatoms. The predicted octanol–water partition coefficient (Wildman–Crippen LogP) is 5.82. The average molecular weight is 541 g/mol. The van der Waals surface area contributed by atoms with Crippen LogP contribution in [-0.4, -0.2) is 38.7 Å². The Morgan fingerprint density at radius 3 is 2.61 bits per heavy atom. The van der Waals surface area contributed by atoms with Crippen LogP contribution >= 0.6 is 39.9 Å². The van der Waals surface area contributed by atoms with Crippen LogP contribution in [0.2, 0.25) is 0 Å². The molecule has 0 unspecified atom stereocenters. The Hall–Kier alpha value is -2.42. The van der Waals surface area contributed by atoms with E-state index in [9.17, 15) is 9.59 Å². The monoisotopic (exact) mass is 539 g/mol. The van der Waals surface area contributed by atoms with Gasteiger partial charge in [0.1, 0.15) is 6.54 Å². The van der Waals surface area contributed by atoms with Gasteiger partial charge < -0.3 is 9.47 Å². The number of carbonyl (C=O) groups excluding carboxylic acids is 2. The Kier molecular flexibility index (Phi) is 6.40. The van der Waals surface area contributed by atoms with E-state index in [4.69, 9.17) is 12.2 Å². The Morgan fingerprint density at radius 2 is 1.85 bits per heavy atom. The second-order valence-corrected chi connectivity index (χ2v) is 10.8. The Bertz CT molecular complexity index is 1280. The van der Waals surface area contributed by atoms with Crippen molar-refractivity contribution >= 4 is 78.7 Å². The van der Waals surface area contributed by atoms with Crippen molar-refractivity contribution in [2.75, 3.05) is 18.0 Å². The topological polar surface area (TPSA) is 45.6 Å². The summed E-state index contributed by atoms with van der Waals surface area (Å²) in [6.45, 7) is 1.95. The van der Waals surface area contributed by atoms with Crippen LogP contribution in [0.1, 0.15) is 24.8 Å². The summed E-state index contributed by atoms with van der Waals surface area (Å²) in [6, 6.07) is 15.5. The van der Waals surface area contributed by atoms with Gasteiger partial charge in [0.25, 0.3) is 5.91 Å². The van der Waals surface area contributed by atoms with Gasteiger partial charge in [0.15, 0.2) is 4.32 Å². The molecule has 0 N–H and O–H groups in total. The van der Waals surface area contributed by atoms with Crippen LogP contribution in [0.5, 0.6) is 0 Å². The first-order chi connectivity index (χ1) is 16.0. The second kappa shape index (κ2) is 9.44. The van der Waals surface area contributed by atoms with Gasteiger partial charge >= 0.3 is 0 Å². The number of likely N-dealkylation sites (tertiary alicyclic amines) is 1. The molecule has 0 aliphatic carbocycles. The van der Waals surface area contributed by atoms with Crippen molar-refractivity contribution < 1.29 is 9.59 Å². The molecule has 2 amide bonds. The van der Waals surface area contributed by atoms with E-state index in [1.165, 1.54) is 18.2 Å². The summed E-state index contributed by atoms with van der Waals surface area (Å²) in [4.78, 5) is 30.2. The summed E-state index contributed by atoms with van der Waals surface area (Å²) in [5.74, 6) is 0.00737. The normalized spacial score (nSPS) is 18.0. The minimum absolute atomic E-state index is 0.128. The molecule has 5 nitrogen and oxygen atoms in total. The van der Waals surface area contributed by atoms with Gasteiger partial charge in [-0.1, -0.05) is 58.1 Å². The molecule has 2 saturated heterocycles. The lowest BCUT2D eigenvalue weighted by atomic mass is 10.1. The molecule has 1 aromatic heterocycles. The van der Waals surface area contributed by atoms with Crippen LogP contribution in [0.25, 0.3) is 17.0 Å². The van der Waals surface area contributed by atoms with E-state index < -0.39 is 0 Å². The number of fused-ring (bicyclic) bond motifs is 1. The molecule has 0 radical (unpaired) electrons. The van der Waals surface area contributed by atoms with Gasteiger partial charge in [-0.2, -0.15) is 0 Å². The molecule has 2 aliphatic rings. The maximum absolute atomic E-state index is 13.2. The van der Waals surface area contributed by atoms with Gasteiger partial charge in [-0.05, 0) is 55.7 Å². The maximum atomic E-state index is 13.2. The summed E-state index contributed by atoms with van der Waals surface area (Å²) in [7, 11) is 0. The standard InChI is InChI=1S/C25H22BrN3O2S2/c26-18-9-10-21-20(14-18)17(15-28(21)16-23(30)27-11-5-2-6-12-27)13-22-24(31)29(25(32)33-22)19-7-3-1-4-8-19/h1,3-4,7-10,13-15H,2,5-6,11-12,16H2/b22-13-. The van der Waals surface area contributed by atoms with Crippen molar-refractivity contribution in [2.24, 2.45) is 0 Å². The number of para-hydroxylation sites is 1. The molecule has 5 rings (SSSR count). The summed E-state index contributed by atoms with van der Waals surface area (Å²) >= 11 is 10.4. The molecular weight excluding hydrogens is 518 g/mol. The lowest BCUT2D eigenvalue weighted by Crippen LogP contribution is -2.37. The van der Waals surface area contributed by atoms with Gasteiger partial charge in [-0.25, -0.2) is 0 Å². The third-order valence-electron chi connectivity index (χ3n) is 5.98. The fourth-order valence-corrected chi connectivity index (χ4v) is 5.99. The molecule has 168 valence electrons. The van der Waals surface area contributed by atoms with Crippen LogP contribution in [0.4, 0.5) is 5.69 Å². The lowest BCUT2D eigenvalue weighted by molar-refractivity contribution is -0.132. The number of benzene rings is 2. The average Bonchev–Trinajstić information content (AvgIpc) is 3.30. The zero-order valence-electron chi connectivity index (χ0n) is 17.9. The number of anilines is 1. The molecular formula is C25H22BrN3O2S2. The number of hydrogen-bond donors (Lipinski definition) is 0. The van der Waals surface area contributed by atoms with E-state index in [2.05, 4.69) is 15.9 Å². The molecule has 3 heterocycles. The zero-order valence-corrected chi connectivity index (χ0v) is 21.1. The number of halogens is 1. The smallest absolute Gasteiger partial charge is 0.270 e. The molecule has 3 aromatic rings. The number of piperidine rings is 1. The number of thioether (sulfide) groups is 1. The summed E-state index contributed by atoms with van der Waals surface area (Å²) in [5, 5.41) is 0.987. The van der Waals surface area contributed by atoms with Crippen molar-refractivity contribution in [3.63, 3.8) is 0 Å². The fraction of sp³-hybridized carbons (Fsp3) is 0.240. The van der Waals surface area contributed by atoms with Crippen molar-refractivity contribution in [3.8, 4) is 0 Å². The second-order valence-electron chi connectivity index (χ2n) is 8.17. The van der Waals surface area contributed by atoms with Crippen LogP contribution < -0.4 is 4.90 Å². The number of nitrogens with zero attached hydrogens (tertiary/aromatic N) is 3. The first-order valence-electron chi connectivity index (χ1n) is 10.9. The minimum Gasteiger partial charge on any atom is -0.341 e.